The Labute approximate surface area is 197 Å². The summed E-state index contributed by atoms with van der Waals surface area (Å²) in [6.07, 6.45) is 2.15. The van der Waals surface area contributed by atoms with Crippen molar-refractivity contribution in [1.82, 2.24) is 19.2 Å². The molecular formula is C26H27N5O3. The summed E-state index contributed by atoms with van der Waals surface area (Å²) >= 11 is 0. The summed E-state index contributed by atoms with van der Waals surface area (Å²) in [6.45, 7) is 8.54. The molecule has 0 atom stereocenters. The summed E-state index contributed by atoms with van der Waals surface area (Å²) in [4.78, 5) is 30.6. The van der Waals surface area contributed by atoms with Crippen LogP contribution in [0.3, 0.4) is 0 Å². The van der Waals surface area contributed by atoms with E-state index < -0.39 is 0 Å². The molecule has 1 N–H and O–H groups in total. The summed E-state index contributed by atoms with van der Waals surface area (Å²) in [5.41, 5.74) is 2.42. The number of benzene rings is 2. The van der Waals surface area contributed by atoms with Gasteiger partial charge in [0, 0.05) is 29.8 Å². The lowest BCUT2D eigenvalue weighted by molar-refractivity contribution is -0.116. The molecular weight excluding hydrogens is 430 g/mol. The minimum Gasteiger partial charge on any atom is -0.492 e. The Balaban J connectivity index is 1.64. The quantitative estimate of drug-likeness (QED) is 0.383. The van der Waals surface area contributed by atoms with Gasteiger partial charge in [-0.15, -0.1) is 11.7 Å². The van der Waals surface area contributed by atoms with Crippen molar-refractivity contribution in [2.75, 3.05) is 11.9 Å². The van der Waals surface area contributed by atoms with E-state index in [1.807, 2.05) is 60.9 Å². The van der Waals surface area contributed by atoms with E-state index >= 15 is 0 Å². The van der Waals surface area contributed by atoms with Crippen LogP contribution in [0.4, 0.5) is 5.69 Å². The number of carbonyl (C=O) groups is 1. The second-order valence-corrected chi connectivity index (χ2v) is 7.76. The second kappa shape index (κ2) is 10.2. The van der Waals surface area contributed by atoms with Gasteiger partial charge in [-0.2, -0.15) is 9.50 Å². The minimum atomic E-state index is -0.273. The van der Waals surface area contributed by atoms with E-state index in [9.17, 15) is 9.59 Å². The van der Waals surface area contributed by atoms with Crippen LogP contribution in [-0.4, -0.2) is 31.7 Å². The highest BCUT2D eigenvalue weighted by atomic mass is 16.5. The maximum Gasteiger partial charge on any atom is 0.279 e. The molecule has 0 aliphatic rings. The maximum atomic E-state index is 13.3. The number of hydrogen-bond acceptors (Lipinski definition) is 5. The molecule has 0 bridgehead atoms. The average Bonchev–Trinajstić information content (AvgIpc) is 3.29. The van der Waals surface area contributed by atoms with Gasteiger partial charge in [0.2, 0.25) is 11.7 Å². The summed E-state index contributed by atoms with van der Waals surface area (Å²) in [5, 5.41) is 7.36. The van der Waals surface area contributed by atoms with Crippen molar-refractivity contribution in [3.8, 4) is 17.1 Å². The van der Waals surface area contributed by atoms with Crippen LogP contribution in [0.5, 0.6) is 5.75 Å². The first-order valence-corrected chi connectivity index (χ1v) is 11.2. The van der Waals surface area contributed by atoms with Crippen LogP contribution in [0, 0.1) is 6.92 Å². The molecule has 4 rings (SSSR count). The fourth-order valence-electron chi connectivity index (χ4n) is 3.86. The van der Waals surface area contributed by atoms with Crippen molar-refractivity contribution in [3.63, 3.8) is 0 Å². The average molecular weight is 458 g/mol. The van der Waals surface area contributed by atoms with Crippen molar-refractivity contribution < 1.29 is 9.53 Å². The fraction of sp³-hybridized carbons (Fsp3) is 0.231. The van der Waals surface area contributed by atoms with Gasteiger partial charge in [-0.05, 0) is 32.4 Å². The number of rotatable bonds is 9. The van der Waals surface area contributed by atoms with E-state index in [1.54, 1.807) is 18.2 Å². The third kappa shape index (κ3) is 4.61. The summed E-state index contributed by atoms with van der Waals surface area (Å²) in [7, 11) is 0. The van der Waals surface area contributed by atoms with Gasteiger partial charge in [0.05, 0.1) is 12.3 Å². The zero-order valence-corrected chi connectivity index (χ0v) is 19.3. The molecule has 2 aromatic carbocycles. The van der Waals surface area contributed by atoms with Gasteiger partial charge in [-0.25, -0.2) is 0 Å². The van der Waals surface area contributed by atoms with Crippen molar-refractivity contribution in [2.45, 2.75) is 33.2 Å². The van der Waals surface area contributed by atoms with E-state index in [4.69, 9.17) is 4.74 Å². The smallest absolute Gasteiger partial charge is 0.279 e. The number of para-hydroxylation sites is 2. The van der Waals surface area contributed by atoms with Crippen LogP contribution in [0.1, 0.15) is 24.6 Å². The van der Waals surface area contributed by atoms with Gasteiger partial charge in [-0.1, -0.05) is 48.5 Å². The first kappa shape index (κ1) is 23.0. The molecule has 174 valence electrons. The number of nitrogens with zero attached hydrogens (tertiary/aromatic N) is 4. The molecule has 0 radical (unpaired) electrons. The van der Waals surface area contributed by atoms with E-state index in [2.05, 4.69) is 22.0 Å². The van der Waals surface area contributed by atoms with Gasteiger partial charge >= 0.3 is 0 Å². The number of fused-ring (bicyclic) bond motifs is 1. The topological polar surface area (TPSA) is 90.5 Å². The third-order valence-electron chi connectivity index (χ3n) is 5.53. The number of amides is 1. The number of ether oxygens (including phenoxy) is 1. The normalized spacial score (nSPS) is 10.9. The molecule has 0 aliphatic heterocycles. The molecule has 0 saturated heterocycles. The van der Waals surface area contributed by atoms with Gasteiger partial charge in [0.1, 0.15) is 5.75 Å². The van der Waals surface area contributed by atoms with E-state index in [0.717, 1.165) is 11.3 Å². The zero-order valence-electron chi connectivity index (χ0n) is 19.3. The number of nitrogens with one attached hydrogen (secondary N) is 1. The largest absolute Gasteiger partial charge is 0.492 e. The van der Waals surface area contributed by atoms with Crippen LogP contribution in [0.2, 0.25) is 0 Å². The highest BCUT2D eigenvalue weighted by Crippen LogP contribution is 2.24. The molecule has 2 heterocycles. The monoisotopic (exact) mass is 457 g/mol. The van der Waals surface area contributed by atoms with Gasteiger partial charge in [0.25, 0.3) is 5.56 Å². The number of carbonyl (C=O) groups excluding carboxylic acids is 1. The number of aromatic nitrogens is 4. The van der Waals surface area contributed by atoms with Crippen LogP contribution in [-0.2, 0) is 17.8 Å². The van der Waals surface area contributed by atoms with Gasteiger partial charge in [-0.3, -0.25) is 9.59 Å². The Morgan fingerprint density at radius 2 is 1.88 bits per heavy atom. The maximum absolute atomic E-state index is 13.3. The van der Waals surface area contributed by atoms with Crippen LogP contribution < -0.4 is 15.6 Å². The SMILES string of the molecule is C=CCn1c(C)c(CCC(=O)Nc2ccccc2OCC)c(=O)n2nc(-c3ccccc3)nc12. The molecule has 34 heavy (non-hydrogen) atoms. The van der Waals surface area contributed by atoms with Crippen LogP contribution in [0.15, 0.2) is 72.0 Å². The first-order valence-electron chi connectivity index (χ1n) is 11.2. The molecule has 8 nitrogen and oxygen atoms in total. The van der Waals surface area contributed by atoms with Crippen LogP contribution in [0.25, 0.3) is 17.2 Å². The number of hydrogen-bond donors (Lipinski definition) is 1. The molecule has 0 spiro atoms. The molecule has 0 fully saturated rings. The molecule has 1 amide bonds. The van der Waals surface area contributed by atoms with Gasteiger partial charge < -0.3 is 14.6 Å². The van der Waals surface area contributed by atoms with Crippen molar-refractivity contribution in [3.05, 3.63) is 88.9 Å². The molecule has 0 saturated carbocycles. The van der Waals surface area contributed by atoms with E-state index in [1.165, 1.54) is 4.52 Å². The van der Waals surface area contributed by atoms with Crippen LogP contribution >= 0.6 is 0 Å². The Bertz CT molecular complexity index is 1390. The van der Waals surface area contributed by atoms with Crippen molar-refractivity contribution in [1.29, 1.82) is 0 Å². The Morgan fingerprint density at radius 3 is 2.62 bits per heavy atom. The summed E-state index contributed by atoms with van der Waals surface area (Å²) in [6, 6.07) is 16.8. The standard InChI is InChI=1S/C26H27N5O3/c1-4-17-30-18(3)20(15-16-23(32)27-21-13-9-10-14-22(21)34-5-2)25(33)31-26(30)28-24(29-31)19-11-7-6-8-12-19/h4,6-14H,1,5,15-17H2,2-3H3,(H,27,32). The molecule has 0 unspecified atom stereocenters. The predicted octanol–water partition coefficient (Wildman–Crippen LogP) is 4.02. The highest BCUT2D eigenvalue weighted by molar-refractivity contribution is 5.92. The predicted molar refractivity (Wildman–Crippen MR) is 132 cm³/mol. The van der Waals surface area contributed by atoms with E-state index in [-0.39, 0.29) is 24.3 Å². The van der Waals surface area contributed by atoms with Crippen molar-refractivity contribution >= 4 is 17.4 Å². The third-order valence-corrected chi connectivity index (χ3v) is 5.53. The molecule has 4 aromatic rings. The summed E-state index contributed by atoms with van der Waals surface area (Å²) < 4.78 is 8.78. The van der Waals surface area contributed by atoms with E-state index in [0.29, 0.717) is 41.8 Å². The van der Waals surface area contributed by atoms with Gasteiger partial charge in [0.15, 0.2) is 5.82 Å². The molecule has 0 aliphatic carbocycles. The second-order valence-electron chi connectivity index (χ2n) is 7.76. The Hall–Kier alpha value is -4.20. The Morgan fingerprint density at radius 1 is 1.15 bits per heavy atom. The fourth-order valence-corrected chi connectivity index (χ4v) is 3.86. The zero-order chi connectivity index (χ0) is 24.1. The summed E-state index contributed by atoms with van der Waals surface area (Å²) in [5.74, 6) is 1.32. The number of allylic oxidation sites excluding steroid dienone is 1. The minimum absolute atomic E-state index is 0.135. The lowest BCUT2D eigenvalue weighted by atomic mass is 10.1. The van der Waals surface area contributed by atoms with Crippen molar-refractivity contribution in [2.24, 2.45) is 0 Å². The number of anilines is 1. The first-order chi connectivity index (χ1) is 16.5. The molecule has 8 heteroatoms. The lowest BCUT2D eigenvalue weighted by Gasteiger charge is -2.14. The molecule has 2 aromatic heterocycles. The Kier molecular flexibility index (Phi) is 6.87. The lowest BCUT2D eigenvalue weighted by Crippen LogP contribution is -2.27. The highest BCUT2D eigenvalue weighted by Gasteiger charge is 2.19.